The van der Waals surface area contributed by atoms with E-state index >= 15 is 0 Å². The third-order valence-electron chi connectivity index (χ3n) is 8.13. The molecule has 10 heteroatoms. The Morgan fingerprint density at radius 1 is 1.31 bits per heavy atom. The largest absolute Gasteiger partial charge is 0.466 e. The molecule has 0 aromatic rings. The second-order valence-corrected chi connectivity index (χ2v) is 10.7. The molecular formula is C22H35N5O4S. The normalized spacial score (nSPS) is 43.1. The van der Waals surface area contributed by atoms with E-state index in [2.05, 4.69) is 9.98 Å². The average molecular weight is 466 g/mol. The van der Waals surface area contributed by atoms with Crippen LogP contribution in [-0.2, 0) is 14.3 Å². The van der Waals surface area contributed by atoms with E-state index in [4.69, 9.17) is 32.8 Å². The van der Waals surface area contributed by atoms with Crippen molar-refractivity contribution >= 4 is 37.1 Å². The van der Waals surface area contributed by atoms with Gasteiger partial charge in [-0.25, -0.2) is 9.98 Å². The van der Waals surface area contributed by atoms with Crippen LogP contribution >= 0.6 is 12.6 Å². The van der Waals surface area contributed by atoms with E-state index in [0.717, 1.165) is 19.3 Å². The number of ether oxygens (including phenoxy) is 2. The average Bonchev–Trinajstić information content (AvgIpc) is 2.99. The van der Waals surface area contributed by atoms with Crippen LogP contribution in [0.2, 0.25) is 0 Å². The maximum absolute atomic E-state index is 11.6. The summed E-state index contributed by atoms with van der Waals surface area (Å²) in [5.41, 5.74) is 3.34. The lowest BCUT2D eigenvalue weighted by atomic mass is 9.81. The molecule has 1 saturated carbocycles. The first-order valence-electron chi connectivity index (χ1n) is 11.4. The number of hydrogen-bond donors (Lipinski definition) is 3. The van der Waals surface area contributed by atoms with E-state index in [9.17, 15) is 9.90 Å². The molecule has 1 aliphatic carbocycles. The standard InChI is InChI=1S/C22H35N5O4S/c1-6-30-15(28)10-8-7-9-11-20(23)19(5)16(24-12-25-20)27(13-26-19)17-21(29)18(3,4)22(21,32)14(2)31-17/h12-14,17,29,32H,6-11,23H2,1-5H3/t14-,17-,19?,20?,21-,22+/m1/s1. The van der Waals surface area contributed by atoms with Gasteiger partial charge in [-0.1, -0.05) is 20.3 Å². The molecule has 0 bridgehead atoms. The van der Waals surface area contributed by atoms with Gasteiger partial charge in [0.25, 0.3) is 0 Å². The molecule has 4 rings (SSSR count). The molecule has 32 heavy (non-hydrogen) atoms. The zero-order chi connectivity index (χ0) is 23.6. The van der Waals surface area contributed by atoms with Crippen LogP contribution < -0.4 is 5.73 Å². The summed E-state index contributed by atoms with van der Waals surface area (Å²) in [4.78, 5) is 27.1. The van der Waals surface area contributed by atoms with Gasteiger partial charge in [0.2, 0.25) is 0 Å². The van der Waals surface area contributed by atoms with E-state index in [1.54, 1.807) is 18.2 Å². The zero-order valence-corrected chi connectivity index (χ0v) is 20.4. The van der Waals surface area contributed by atoms with Gasteiger partial charge in [-0.2, -0.15) is 12.6 Å². The Hall–Kier alpha value is -1.49. The van der Waals surface area contributed by atoms with Crippen LogP contribution in [0.5, 0.6) is 0 Å². The number of nitrogens with two attached hydrogens (primary N) is 1. The molecule has 2 unspecified atom stereocenters. The van der Waals surface area contributed by atoms with Crippen molar-refractivity contribution in [1.29, 1.82) is 0 Å². The van der Waals surface area contributed by atoms with Gasteiger partial charge in [0.1, 0.15) is 23.4 Å². The van der Waals surface area contributed by atoms with Crippen LogP contribution in [0, 0.1) is 5.41 Å². The first kappa shape index (κ1) is 23.7. The van der Waals surface area contributed by atoms with E-state index in [1.807, 2.05) is 27.7 Å². The highest BCUT2D eigenvalue weighted by molar-refractivity contribution is 7.82. The van der Waals surface area contributed by atoms with Gasteiger partial charge in [0, 0.05) is 11.8 Å². The number of thiol groups is 1. The van der Waals surface area contributed by atoms with Crippen molar-refractivity contribution in [3.8, 4) is 0 Å². The monoisotopic (exact) mass is 465 g/mol. The molecule has 0 amide bonds. The summed E-state index contributed by atoms with van der Waals surface area (Å²) >= 11 is 4.83. The van der Waals surface area contributed by atoms with Crippen LogP contribution in [0.25, 0.3) is 0 Å². The Labute approximate surface area is 195 Å². The second kappa shape index (κ2) is 7.51. The van der Waals surface area contributed by atoms with Crippen LogP contribution in [-0.4, -0.2) is 75.0 Å². The number of hydrogen-bond acceptors (Lipinski definition) is 10. The molecule has 1 saturated heterocycles. The molecule has 4 aliphatic rings. The van der Waals surface area contributed by atoms with Gasteiger partial charge in [0.05, 0.1) is 23.8 Å². The van der Waals surface area contributed by atoms with Gasteiger partial charge < -0.3 is 20.3 Å². The highest BCUT2D eigenvalue weighted by atomic mass is 32.1. The summed E-state index contributed by atoms with van der Waals surface area (Å²) in [5.74, 6) is 0.447. The minimum atomic E-state index is -1.15. The van der Waals surface area contributed by atoms with Gasteiger partial charge in [0.15, 0.2) is 11.8 Å². The number of nitrogens with zero attached hydrogens (tertiary/aromatic N) is 4. The number of aliphatic imine (C=N–C) groups is 3. The van der Waals surface area contributed by atoms with E-state index < -0.39 is 33.2 Å². The number of amidine groups is 1. The van der Waals surface area contributed by atoms with Crippen LogP contribution in [0.1, 0.15) is 66.7 Å². The fourth-order valence-corrected chi connectivity index (χ4v) is 6.34. The molecule has 3 aliphatic heterocycles. The Morgan fingerprint density at radius 3 is 2.66 bits per heavy atom. The first-order valence-corrected chi connectivity index (χ1v) is 11.9. The van der Waals surface area contributed by atoms with Crippen molar-refractivity contribution in [2.45, 2.75) is 101 Å². The molecule has 0 aromatic carbocycles. The van der Waals surface area contributed by atoms with Crippen molar-refractivity contribution in [3.05, 3.63) is 0 Å². The van der Waals surface area contributed by atoms with Gasteiger partial charge >= 0.3 is 5.97 Å². The van der Waals surface area contributed by atoms with E-state index in [1.165, 1.54) is 6.34 Å². The lowest BCUT2D eigenvalue weighted by molar-refractivity contribution is -0.143. The van der Waals surface area contributed by atoms with Crippen molar-refractivity contribution in [2.75, 3.05) is 6.61 Å². The number of rotatable bonds is 8. The predicted molar refractivity (Wildman–Crippen MR) is 126 cm³/mol. The lowest BCUT2D eigenvalue weighted by Crippen LogP contribution is -2.64. The summed E-state index contributed by atoms with van der Waals surface area (Å²) in [6, 6.07) is 0. The Balaban J connectivity index is 1.45. The third-order valence-corrected chi connectivity index (χ3v) is 9.39. The van der Waals surface area contributed by atoms with E-state index in [0.29, 0.717) is 25.3 Å². The first-order chi connectivity index (χ1) is 14.9. The Kier molecular flexibility index (Phi) is 5.55. The van der Waals surface area contributed by atoms with Crippen molar-refractivity contribution in [3.63, 3.8) is 0 Å². The van der Waals surface area contributed by atoms with Crippen LogP contribution in [0.3, 0.4) is 0 Å². The molecule has 178 valence electrons. The van der Waals surface area contributed by atoms with Crippen molar-refractivity contribution in [2.24, 2.45) is 26.1 Å². The summed E-state index contributed by atoms with van der Waals surface area (Å²) < 4.78 is 10.5. The third kappa shape index (κ3) is 2.82. The molecular weight excluding hydrogens is 430 g/mol. The Bertz CT molecular complexity index is 894. The zero-order valence-electron chi connectivity index (χ0n) is 19.5. The van der Waals surface area contributed by atoms with Gasteiger partial charge in [-0.15, -0.1) is 0 Å². The quantitative estimate of drug-likeness (QED) is 0.286. The van der Waals surface area contributed by atoms with E-state index in [-0.39, 0.29) is 12.1 Å². The number of esters is 1. The molecule has 2 fully saturated rings. The molecule has 3 heterocycles. The maximum Gasteiger partial charge on any atom is 0.305 e. The number of carbonyl (C=O) groups excluding carboxylic acids is 1. The highest BCUT2D eigenvalue weighted by Crippen LogP contribution is 2.76. The van der Waals surface area contributed by atoms with Crippen molar-refractivity contribution in [1.82, 2.24) is 4.90 Å². The number of carbonyl (C=O) groups is 1. The molecule has 0 spiro atoms. The highest BCUT2D eigenvalue weighted by Gasteiger charge is 2.91. The van der Waals surface area contributed by atoms with Crippen LogP contribution in [0.15, 0.2) is 15.0 Å². The number of aliphatic hydroxyl groups is 1. The topological polar surface area (TPSA) is 122 Å². The maximum atomic E-state index is 11.6. The molecule has 0 aromatic heterocycles. The smallest absolute Gasteiger partial charge is 0.305 e. The van der Waals surface area contributed by atoms with Crippen LogP contribution in [0.4, 0.5) is 0 Å². The minimum absolute atomic E-state index is 0.171. The molecule has 0 radical (unpaired) electrons. The Morgan fingerprint density at radius 2 is 2.03 bits per heavy atom. The van der Waals surface area contributed by atoms with Gasteiger partial charge in [-0.3, -0.25) is 14.7 Å². The molecule has 3 N–H and O–H groups in total. The summed E-state index contributed by atoms with van der Waals surface area (Å²) in [6.07, 6.45) is 5.60. The SMILES string of the molecule is CCOC(=O)CCCCCC1(N)N=CN=C2N([C@@H]3O[C@H](C)[C@]4(S)C(C)(C)[C@]34O)C=NC21C. The summed E-state index contributed by atoms with van der Waals surface area (Å²) in [7, 11) is 0. The van der Waals surface area contributed by atoms with Gasteiger partial charge in [-0.05, 0) is 40.0 Å². The molecule has 9 nitrogen and oxygen atoms in total. The fraction of sp³-hybridized carbons (Fsp3) is 0.818. The predicted octanol–water partition coefficient (Wildman–Crippen LogP) is 1.88. The lowest BCUT2D eigenvalue weighted by Gasteiger charge is -2.42. The number of unbranched alkanes of at least 4 members (excludes halogenated alkanes) is 2. The number of fused-ring (bicyclic) bond motifs is 2. The summed E-state index contributed by atoms with van der Waals surface area (Å²) in [6.45, 7) is 10.1. The van der Waals surface area contributed by atoms with Crippen molar-refractivity contribution < 1.29 is 19.4 Å². The minimum Gasteiger partial charge on any atom is -0.466 e. The fourth-order valence-electron chi connectivity index (χ4n) is 5.77. The summed E-state index contributed by atoms with van der Waals surface area (Å²) in [5, 5.41) is 11.6. The second-order valence-electron chi connectivity index (χ2n) is 10.00. The molecule has 6 atom stereocenters.